The second-order valence-electron chi connectivity index (χ2n) is 3.81. The summed E-state index contributed by atoms with van der Waals surface area (Å²) >= 11 is 1.55. The van der Waals surface area contributed by atoms with Crippen LogP contribution in [0.1, 0.15) is 10.6 Å². The molecule has 20 heavy (non-hydrogen) atoms. The lowest BCUT2D eigenvalue weighted by atomic mass is 10.4. The molecule has 0 aliphatic carbocycles. The molecule has 1 amide bonds. The van der Waals surface area contributed by atoms with Crippen molar-refractivity contribution in [2.45, 2.75) is 6.54 Å². The highest BCUT2D eigenvalue weighted by atomic mass is 32.1. The smallest absolute Gasteiger partial charge is 0.331 e. The molecular weight excluding hydrogens is 278 g/mol. The van der Waals surface area contributed by atoms with Crippen LogP contribution >= 0.6 is 11.3 Å². The maximum atomic E-state index is 11.4. The number of esters is 1. The van der Waals surface area contributed by atoms with Crippen LogP contribution in [0.25, 0.3) is 6.08 Å². The number of furan rings is 1. The van der Waals surface area contributed by atoms with Gasteiger partial charge in [-0.25, -0.2) is 4.79 Å². The van der Waals surface area contributed by atoms with Crippen LogP contribution in [-0.2, 0) is 20.9 Å². The van der Waals surface area contributed by atoms with Gasteiger partial charge in [0.25, 0.3) is 5.91 Å². The van der Waals surface area contributed by atoms with E-state index in [-0.39, 0.29) is 12.5 Å². The van der Waals surface area contributed by atoms with Gasteiger partial charge in [0, 0.05) is 11.0 Å². The molecule has 0 saturated carbocycles. The third-order valence-electron chi connectivity index (χ3n) is 2.31. The summed E-state index contributed by atoms with van der Waals surface area (Å²) in [4.78, 5) is 23.8. The van der Waals surface area contributed by atoms with Crippen LogP contribution in [0.3, 0.4) is 0 Å². The number of amides is 1. The zero-order chi connectivity index (χ0) is 14.2. The highest BCUT2D eigenvalue weighted by Crippen LogP contribution is 2.07. The number of ether oxygens (including phenoxy) is 1. The standard InChI is InChI=1S/C14H13NO4S/c16-13(15-9-12-4-2-8-20-12)10-19-14(17)6-5-11-3-1-7-18-11/h1-8H,9-10H2,(H,15,16). The molecule has 1 N–H and O–H groups in total. The summed E-state index contributed by atoms with van der Waals surface area (Å²) in [6.07, 6.45) is 4.19. The van der Waals surface area contributed by atoms with E-state index in [0.717, 1.165) is 4.88 Å². The van der Waals surface area contributed by atoms with E-state index in [1.807, 2.05) is 17.5 Å². The van der Waals surface area contributed by atoms with Crippen LogP contribution in [0.4, 0.5) is 0 Å². The number of thiophene rings is 1. The van der Waals surface area contributed by atoms with Gasteiger partial charge in [-0.3, -0.25) is 4.79 Å². The summed E-state index contributed by atoms with van der Waals surface area (Å²) < 4.78 is 9.81. The molecule has 2 aromatic rings. The minimum absolute atomic E-state index is 0.299. The fraction of sp³-hybridized carbons (Fsp3) is 0.143. The Morgan fingerprint density at radius 1 is 1.35 bits per heavy atom. The number of carbonyl (C=O) groups excluding carboxylic acids is 2. The first-order valence-corrected chi connectivity index (χ1v) is 6.79. The maximum absolute atomic E-state index is 11.4. The van der Waals surface area contributed by atoms with Crippen molar-refractivity contribution in [1.82, 2.24) is 5.32 Å². The van der Waals surface area contributed by atoms with Gasteiger partial charge in [0.2, 0.25) is 0 Å². The zero-order valence-corrected chi connectivity index (χ0v) is 11.4. The monoisotopic (exact) mass is 291 g/mol. The maximum Gasteiger partial charge on any atom is 0.331 e. The molecule has 2 rings (SSSR count). The Hall–Kier alpha value is -2.34. The van der Waals surface area contributed by atoms with Crippen LogP contribution in [0.15, 0.2) is 46.4 Å². The number of rotatable bonds is 6. The Bertz CT molecular complexity index is 572. The van der Waals surface area contributed by atoms with Gasteiger partial charge in [-0.1, -0.05) is 6.07 Å². The van der Waals surface area contributed by atoms with Gasteiger partial charge in [0.15, 0.2) is 6.61 Å². The number of carbonyl (C=O) groups is 2. The van der Waals surface area contributed by atoms with E-state index >= 15 is 0 Å². The first-order valence-electron chi connectivity index (χ1n) is 5.91. The van der Waals surface area contributed by atoms with Gasteiger partial charge in [-0.15, -0.1) is 11.3 Å². The average Bonchev–Trinajstić information content (AvgIpc) is 3.13. The Morgan fingerprint density at radius 2 is 2.25 bits per heavy atom. The van der Waals surface area contributed by atoms with Gasteiger partial charge in [0.05, 0.1) is 12.8 Å². The Balaban J connectivity index is 1.66. The van der Waals surface area contributed by atoms with E-state index < -0.39 is 5.97 Å². The van der Waals surface area contributed by atoms with Crippen molar-refractivity contribution in [3.8, 4) is 0 Å². The molecule has 0 radical (unpaired) electrons. The highest BCUT2D eigenvalue weighted by Gasteiger charge is 2.05. The summed E-state index contributed by atoms with van der Waals surface area (Å²) in [6, 6.07) is 7.25. The molecule has 104 valence electrons. The van der Waals surface area contributed by atoms with Gasteiger partial charge < -0.3 is 14.5 Å². The molecule has 6 heteroatoms. The predicted octanol–water partition coefficient (Wildman–Crippen LogP) is 2.21. The number of hydrogen-bond donors (Lipinski definition) is 1. The van der Waals surface area contributed by atoms with Gasteiger partial charge in [0.1, 0.15) is 5.76 Å². The molecule has 0 aliphatic heterocycles. The fourth-order valence-electron chi connectivity index (χ4n) is 1.37. The van der Waals surface area contributed by atoms with Crippen molar-refractivity contribution >= 4 is 29.3 Å². The van der Waals surface area contributed by atoms with Crippen LogP contribution < -0.4 is 5.32 Å². The van der Waals surface area contributed by atoms with Crippen molar-refractivity contribution in [3.05, 3.63) is 52.6 Å². The van der Waals surface area contributed by atoms with Crippen molar-refractivity contribution in [3.63, 3.8) is 0 Å². The lowest BCUT2D eigenvalue weighted by Crippen LogP contribution is -2.27. The highest BCUT2D eigenvalue weighted by molar-refractivity contribution is 7.09. The largest absolute Gasteiger partial charge is 0.465 e. The van der Waals surface area contributed by atoms with E-state index in [2.05, 4.69) is 5.32 Å². The third kappa shape index (κ3) is 4.74. The normalized spacial score (nSPS) is 10.6. The first-order chi connectivity index (χ1) is 9.74. The molecule has 0 atom stereocenters. The van der Waals surface area contributed by atoms with Gasteiger partial charge >= 0.3 is 5.97 Å². The molecule has 0 bridgehead atoms. The van der Waals surface area contributed by atoms with Crippen molar-refractivity contribution < 1.29 is 18.7 Å². The minimum Gasteiger partial charge on any atom is -0.465 e. The summed E-state index contributed by atoms with van der Waals surface area (Å²) in [5.74, 6) is -0.380. The van der Waals surface area contributed by atoms with E-state index in [9.17, 15) is 9.59 Å². The number of nitrogens with one attached hydrogen (secondary N) is 1. The lowest BCUT2D eigenvalue weighted by molar-refractivity contribution is -0.143. The predicted molar refractivity (Wildman–Crippen MR) is 74.9 cm³/mol. The molecule has 2 aromatic heterocycles. The second kappa shape index (κ2) is 7.30. The zero-order valence-electron chi connectivity index (χ0n) is 10.6. The molecule has 0 spiro atoms. The van der Waals surface area contributed by atoms with Gasteiger partial charge in [-0.2, -0.15) is 0 Å². The topological polar surface area (TPSA) is 68.5 Å². The summed E-state index contributed by atoms with van der Waals surface area (Å²) in [5.41, 5.74) is 0. The molecule has 5 nitrogen and oxygen atoms in total. The summed E-state index contributed by atoms with van der Waals surface area (Å²) in [7, 11) is 0. The van der Waals surface area contributed by atoms with E-state index in [0.29, 0.717) is 12.3 Å². The minimum atomic E-state index is -0.590. The molecule has 0 aliphatic rings. The molecular formula is C14H13NO4S. The Labute approximate surface area is 119 Å². The molecule has 0 unspecified atom stereocenters. The summed E-state index contributed by atoms with van der Waals surface area (Å²) in [5, 5.41) is 4.59. The Kier molecular flexibility index (Phi) is 5.14. The average molecular weight is 291 g/mol. The molecule has 2 heterocycles. The van der Waals surface area contributed by atoms with Crippen LogP contribution in [-0.4, -0.2) is 18.5 Å². The molecule has 0 aromatic carbocycles. The van der Waals surface area contributed by atoms with E-state index in [1.54, 1.807) is 23.5 Å². The third-order valence-corrected chi connectivity index (χ3v) is 3.19. The second-order valence-corrected chi connectivity index (χ2v) is 4.84. The van der Waals surface area contributed by atoms with Crippen LogP contribution in [0, 0.1) is 0 Å². The molecule has 0 saturated heterocycles. The van der Waals surface area contributed by atoms with Crippen molar-refractivity contribution in [1.29, 1.82) is 0 Å². The first kappa shape index (κ1) is 14.1. The van der Waals surface area contributed by atoms with E-state index in [1.165, 1.54) is 18.4 Å². The quantitative estimate of drug-likeness (QED) is 0.654. The van der Waals surface area contributed by atoms with Crippen LogP contribution in [0.2, 0.25) is 0 Å². The van der Waals surface area contributed by atoms with Crippen LogP contribution in [0.5, 0.6) is 0 Å². The summed E-state index contributed by atoms with van der Waals surface area (Å²) in [6.45, 7) is 0.142. The van der Waals surface area contributed by atoms with E-state index in [4.69, 9.17) is 9.15 Å². The Morgan fingerprint density at radius 3 is 2.95 bits per heavy atom. The van der Waals surface area contributed by atoms with Crippen molar-refractivity contribution in [2.75, 3.05) is 6.61 Å². The van der Waals surface area contributed by atoms with Crippen molar-refractivity contribution in [2.24, 2.45) is 0 Å². The lowest BCUT2D eigenvalue weighted by Gasteiger charge is -2.03. The SMILES string of the molecule is O=C(COC(=O)C=Cc1ccco1)NCc1cccs1. The molecule has 0 fully saturated rings. The van der Waals surface area contributed by atoms with Gasteiger partial charge in [-0.05, 0) is 29.7 Å². The fourth-order valence-corrected chi connectivity index (χ4v) is 2.02. The number of hydrogen-bond acceptors (Lipinski definition) is 5.